The minimum atomic E-state index is -0.732. The molecule has 1 rings (SSSR count). The van der Waals surface area contributed by atoms with E-state index in [2.05, 4.69) is 48.3 Å². The van der Waals surface area contributed by atoms with E-state index >= 15 is 0 Å². The Hall–Kier alpha value is -1.36. The number of rotatable bonds is 7. The van der Waals surface area contributed by atoms with Crippen LogP contribution in [-0.2, 0) is 5.41 Å². The zero-order valence-electron chi connectivity index (χ0n) is 14.2. The lowest BCUT2D eigenvalue weighted by Gasteiger charge is -2.23. The predicted molar refractivity (Wildman–Crippen MR) is 88.9 cm³/mol. The fourth-order valence-electron chi connectivity index (χ4n) is 1.62. The molecule has 21 heavy (non-hydrogen) atoms. The minimum absolute atomic E-state index is 0.117. The van der Waals surface area contributed by atoms with E-state index in [1.807, 2.05) is 19.9 Å². The Morgan fingerprint density at radius 2 is 1.62 bits per heavy atom. The van der Waals surface area contributed by atoms with Gasteiger partial charge < -0.3 is 15.7 Å². The van der Waals surface area contributed by atoms with Crippen molar-refractivity contribution in [1.82, 2.24) is 9.97 Å². The van der Waals surface area contributed by atoms with Gasteiger partial charge in [-0.15, -0.1) is 0 Å². The molecular formula is C16H30N4O. The molecule has 0 fully saturated rings. The molecule has 3 N–H and O–H groups in total. The molecule has 1 heterocycles. The Kier molecular flexibility index (Phi) is 5.96. The number of hydrogen-bond donors (Lipinski definition) is 3. The fourth-order valence-corrected chi connectivity index (χ4v) is 1.62. The third-order valence-electron chi connectivity index (χ3n) is 3.37. The Bertz CT molecular complexity index is 452. The molecule has 1 atom stereocenters. The SMILES string of the molecule is CCCNc1cc(NCC(C)(O)CC)nc(C(C)(C)C)n1. The van der Waals surface area contributed by atoms with Gasteiger partial charge in [0.2, 0.25) is 0 Å². The molecule has 0 aliphatic rings. The van der Waals surface area contributed by atoms with E-state index in [0.29, 0.717) is 13.0 Å². The van der Waals surface area contributed by atoms with Gasteiger partial charge in [0.05, 0.1) is 5.60 Å². The molecule has 1 aromatic heterocycles. The number of aromatic nitrogens is 2. The maximum Gasteiger partial charge on any atom is 0.138 e. The van der Waals surface area contributed by atoms with Gasteiger partial charge in [-0.3, -0.25) is 0 Å². The molecule has 0 radical (unpaired) electrons. The molecule has 0 saturated heterocycles. The van der Waals surface area contributed by atoms with Crippen LogP contribution >= 0.6 is 0 Å². The van der Waals surface area contributed by atoms with Gasteiger partial charge in [0.25, 0.3) is 0 Å². The Morgan fingerprint density at radius 1 is 1.05 bits per heavy atom. The van der Waals surface area contributed by atoms with Crippen molar-refractivity contribution in [2.75, 3.05) is 23.7 Å². The largest absolute Gasteiger partial charge is 0.388 e. The van der Waals surface area contributed by atoms with Gasteiger partial charge in [-0.05, 0) is 19.8 Å². The standard InChI is InChI=1S/C16H30N4O/c1-7-9-17-12-10-13(18-11-16(6,21)8-2)20-14(19-12)15(3,4)5/h10,21H,7-9,11H2,1-6H3,(H2,17,18,19,20). The van der Waals surface area contributed by atoms with E-state index in [9.17, 15) is 5.11 Å². The summed E-state index contributed by atoms with van der Waals surface area (Å²) in [5, 5.41) is 16.6. The Balaban J connectivity index is 2.96. The second-order valence-electron chi connectivity index (χ2n) is 6.84. The zero-order valence-corrected chi connectivity index (χ0v) is 14.2. The molecule has 1 unspecified atom stereocenters. The second kappa shape index (κ2) is 7.07. The van der Waals surface area contributed by atoms with Gasteiger partial charge >= 0.3 is 0 Å². The molecule has 1 aromatic rings. The van der Waals surface area contributed by atoms with Crippen LogP contribution in [0.2, 0.25) is 0 Å². The van der Waals surface area contributed by atoms with Crippen LogP contribution in [0.4, 0.5) is 11.6 Å². The summed E-state index contributed by atoms with van der Waals surface area (Å²) in [4.78, 5) is 9.16. The van der Waals surface area contributed by atoms with E-state index in [-0.39, 0.29) is 5.41 Å². The highest BCUT2D eigenvalue weighted by Gasteiger charge is 2.21. The minimum Gasteiger partial charge on any atom is -0.388 e. The fraction of sp³-hybridized carbons (Fsp3) is 0.750. The van der Waals surface area contributed by atoms with E-state index < -0.39 is 5.60 Å². The van der Waals surface area contributed by atoms with Crippen molar-refractivity contribution in [3.8, 4) is 0 Å². The number of nitrogens with zero attached hydrogens (tertiary/aromatic N) is 2. The maximum atomic E-state index is 10.1. The number of anilines is 2. The summed E-state index contributed by atoms with van der Waals surface area (Å²) in [5.41, 5.74) is -0.850. The van der Waals surface area contributed by atoms with Crippen molar-refractivity contribution in [3.63, 3.8) is 0 Å². The summed E-state index contributed by atoms with van der Waals surface area (Å²) in [6.07, 6.45) is 1.74. The third-order valence-corrected chi connectivity index (χ3v) is 3.37. The third kappa shape index (κ3) is 5.87. The molecule has 0 spiro atoms. The molecule has 5 nitrogen and oxygen atoms in total. The van der Waals surface area contributed by atoms with Gasteiger partial charge in [-0.2, -0.15) is 0 Å². The highest BCUT2D eigenvalue weighted by molar-refractivity contribution is 5.48. The quantitative estimate of drug-likeness (QED) is 0.720. The van der Waals surface area contributed by atoms with Crippen molar-refractivity contribution < 1.29 is 5.11 Å². The average Bonchev–Trinajstić information content (AvgIpc) is 2.42. The summed E-state index contributed by atoms with van der Waals surface area (Å²) < 4.78 is 0. The van der Waals surface area contributed by atoms with Crippen molar-refractivity contribution >= 4 is 11.6 Å². The second-order valence-corrected chi connectivity index (χ2v) is 6.84. The maximum absolute atomic E-state index is 10.1. The molecule has 0 aromatic carbocycles. The van der Waals surface area contributed by atoms with E-state index in [0.717, 1.165) is 30.4 Å². The van der Waals surface area contributed by atoms with E-state index in [1.54, 1.807) is 0 Å². The van der Waals surface area contributed by atoms with Crippen LogP contribution < -0.4 is 10.6 Å². The van der Waals surface area contributed by atoms with Gasteiger partial charge in [-0.1, -0.05) is 34.6 Å². The Labute approximate surface area is 128 Å². The first-order valence-electron chi connectivity index (χ1n) is 7.77. The van der Waals surface area contributed by atoms with Crippen LogP contribution in [0.5, 0.6) is 0 Å². The molecule has 5 heteroatoms. The normalized spacial score (nSPS) is 14.6. The highest BCUT2D eigenvalue weighted by atomic mass is 16.3. The van der Waals surface area contributed by atoms with Crippen LogP contribution in [0.3, 0.4) is 0 Å². The van der Waals surface area contributed by atoms with Crippen LogP contribution in [0.1, 0.15) is 60.2 Å². The smallest absolute Gasteiger partial charge is 0.138 e. The first kappa shape index (κ1) is 17.7. The van der Waals surface area contributed by atoms with Crippen LogP contribution in [0, 0.1) is 0 Å². The molecular weight excluding hydrogens is 264 g/mol. The summed E-state index contributed by atoms with van der Waals surface area (Å²) in [7, 11) is 0. The molecule has 0 saturated carbocycles. The lowest BCUT2D eigenvalue weighted by molar-refractivity contribution is 0.0696. The average molecular weight is 294 g/mol. The molecule has 0 amide bonds. The summed E-state index contributed by atoms with van der Waals surface area (Å²) in [5.74, 6) is 2.37. The Morgan fingerprint density at radius 3 is 2.10 bits per heavy atom. The first-order valence-corrected chi connectivity index (χ1v) is 7.77. The number of nitrogens with one attached hydrogen (secondary N) is 2. The van der Waals surface area contributed by atoms with Gasteiger partial charge in [-0.25, -0.2) is 9.97 Å². The highest BCUT2D eigenvalue weighted by Crippen LogP contribution is 2.22. The lowest BCUT2D eigenvalue weighted by Crippen LogP contribution is -2.33. The number of hydrogen-bond acceptors (Lipinski definition) is 5. The number of aliphatic hydroxyl groups is 1. The van der Waals surface area contributed by atoms with E-state index in [4.69, 9.17) is 0 Å². The van der Waals surface area contributed by atoms with Gasteiger partial charge in [0.1, 0.15) is 17.5 Å². The summed E-state index contributed by atoms with van der Waals surface area (Å²) >= 11 is 0. The zero-order chi connectivity index (χ0) is 16.1. The van der Waals surface area contributed by atoms with Crippen LogP contribution in [0.25, 0.3) is 0 Å². The van der Waals surface area contributed by atoms with Crippen molar-refractivity contribution in [1.29, 1.82) is 0 Å². The van der Waals surface area contributed by atoms with Crippen molar-refractivity contribution in [2.24, 2.45) is 0 Å². The van der Waals surface area contributed by atoms with Crippen LogP contribution in [0.15, 0.2) is 6.07 Å². The molecule has 0 aliphatic heterocycles. The predicted octanol–water partition coefficient (Wildman–Crippen LogP) is 3.17. The monoisotopic (exact) mass is 294 g/mol. The van der Waals surface area contributed by atoms with Gasteiger partial charge in [0, 0.05) is 24.6 Å². The first-order chi connectivity index (χ1) is 9.68. The molecule has 0 aliphatic carbocycles. The van der Waals surface area contributed by atoms with Crippen molar-refractivity contribution in [2.45, 2.75) is 65.4 Å². The summed E-state index contributed by atoms with van der Waals surface area (Å²) in [6, 6.07) is 1.90. The summed E-state index contributed by atoms with van der Waals surface area (Å²) in [6.45, 7) is 13.5. The molecule has 120 valence electrons. The van der Waals surface area contributed by atoms with E-state index in [1.165, 1.54) is 0 Å². The molecule has 0 bridgehead atoms. The lowest BCUT2D eigenvalue weighted by atomic mass is 9.96. The van der Waals surface area contributed by atoms with Gasteiger partial charge in [0.15, 0.2) is 0 Å². The topological polar surface area (TPSA) is 70.1 Å². The van der Waals surface area contributed by atoms with Crippen molar-refractivity contribution in [3.05, 3.63) is 11.9 Å². The van der Waals surface area contributed by atoms with Crippen LogP contribution in [-0.4, -0.2) is 33.8 Å².